The Kier molecular flexibility index (Phi) is 6.17. The van der Waals surface area contributed by atoms with Crippen molar-refractivity contribution in [2.24, 2.45) is 4.99 Å². The van der Waals surface area contributed by atoms with Crippen LogP contribution in [0.15, 0.2) is 34.2 Å². The van der Waals surface area contributed by atoms with E-state index in [4.69, 9.17) is 4.74 Å². The third-order valence-corrected chi connectivity index (χ3v) is 6.31. The second kappa shape index (κ2) is 8.61. The quantitative estimate of drug-likeness (QED) is 0.661. The van der Waals surface area contributed by atoms with Crippen LogP contribution in [-0.2, 0) is 24.3 Å². The minimum absolute atomic E-state index is 0.00870. The normalized spacial score (nSPS) is 20.2. The van der Waals surface area contributed by atoms with Gasteiger partial charge in [-0.25, -0.2) is 8.42 Å². The van der Waals surface area contributed by atoms with E-state index in [1.54, 1.807) is 18.2 Å². The third-order valence-electron chi connectivity index (χ3n) is 4.91. The van der Waals surface area contributed by atoms with E-state index in [1.165, 1.54) is 6.07 Å². The van der Waals surface area contributed by atoms with E-state index in [1.807, 2.05) is 0 Å². The second-order valence-corrected chi connectivity index (χ2v) is 8.70. The molecule has 0 aromatic heterocycles. The van der Waals surface area contributed by atoms with Crippen LogP contribution in [0.2, 0.25) is 0 Å². The number of aliphatic imine (C=N–C) groups is 1. The van der Waals surface area contributed by atoms with Gasteiger partial charge in [0.05, 0.1) is 23.9 Å². The number of rotatable bonds is 6. The van der Waals surface area contributed by atoms with Gasteiger partial charge in [-0.05, 0) is 25.0 Å². The third kappa shape index (κ3) is 4.92. The summed E-state index contributed by atoms with van der Waals surface area (Å²) in [4.78, 5) is 28.2. The molecular formula is C19H22N4O5S. The van der Waals surface area contributed by atoms with Crippen molar-refractivity contribution in [3.63, 3.8) is 0 Å². The molecule has 0 spiro atoms. The number of nitrogens with one attached hydrogen (secondary N) is 2. The standard InChI is InChI=1S/C19H22N4O5S/c20-13-19(9-4-1-5-10-19)22-16(24)12-28-17(25)8-11-21-18-14-6-2-3-7-15(14)29(26,27)23-18/h2-3,6-7H,1,4-5,8-12H2,(H,21,23)(H,22,24). The van der Waals surface area contributed by atoms with Gasteiger partial charge in [0.25, 0.3) is 15.9 Å². The summed E-state index contributed by atoms with van der Waals surface area (Å²) in [6.45, 7) is -0.455. The van der Waals surface area contributed by atoms with Crippen molar-refractivity contribution < 1.29 is 22.7 Å². The molecule has 29 heavy (non-hydrogen) atoms. The Hall–Kier alpha value is -2.93. The van der Waals surface area contributed by atoms with E-state index in [9.17, 15) is 23.3 Å². The molecule has 0 bridgehead atoms. The van der Waals surface area contributed by atoms with Gasteiger partial charge in [-0.15, -0.1) is 0 Å². The van der Waals surface area contributed by atoms with Crippen molar-refractivity contribution in [1.29, 1.82) is 5.26 Å². The number of nitriles is 1. The number of amides is 1. The van der Waals surface area contributed by atoms with E-state index in [2.05, 4.69) is 21.1 Å². The first-order chi connectivity index (χ1) is 13.9. The van der Waals surface area contributed by atoms with Crippen LogP contribution in [0.1, 0.15) is 44.1 Å². The van der Waals surface area contributed by atoms with Crippen LogP contribution in [0.25, 0.3) is 0 Å². The van der Waals surface area contributed by atoms with Crippen LogP contribution in [-0.4, -0.2) is 44.8 Å². The molecule has 1 aliphatic heterocycles. The number of nitrogens with zero attached hydrogens (tertiary/aromatic N) is 2. The molecule has 0 atom stereocenters. The van der Waals surface area contributed by atoms with E-state index in [0.29, 0.717) is 18.4 Å². The van der Waals surface area contributed by atoms with Crippen LogP contribution >= 0.6 is 0 Å². The van der Waals surface area contributed by atoms with Gasteiger partial charge in [0, 0.05) is 5.56 Å². The number of hydrogen-bond donors (Lipinski definition) is 2. The topological polar surface area (TPSA) is 138 Å². The number of hydrogen-bond acceptors (Lipinski definition) is 7. The summed E-state index contributed by atoms with van der Waals surface area (Å²) in [5.41, 5.74) is -0.421. The van der Waals surface area contributed by atoms with Gasteiger partial charge in [-0.3, -0.25) is 19.3 Å². The van der Waals surface area contributed by atoms with Gasteiger partial charge in [0.2, 0.25) is 0 Å². The molecule has 1 aromatic carbocycles. The van der Waals surface area contributed by atoms with Crippen LogP contribution < -0.4 is 10.0 Å². The highest BCUT2D eigenvalue weighted by Gasteiger charge is 2.33. The zero-order valence-corrected chi connectivity index (χ0v) is 16.6. The highest BCUT2D eigenvalue weighted by molar-refractivity contribution is 7.90. The molecule has 1 fully saturated rings. The van der Waals surface area contributed by atoms with Crippen molar-refractivity contribution in [3.05, 3.63) is 29.8 Å². The van der Waals surface area contributed by atoms with Crippen LogP contribution in [0.5, 0.6) is 0 Å². The van der Waals surface area contributed by atoms with E-state index >= 15 is 0 Å². The lowest BCUT2D eigenvalue weighted by Gasteiger charge is -2.31. The lowest BCUT2D eigenvalue weighted by Crippen LogP contribution is -2.50. The first-order valence-electron chi connectivity index (χ1n) is 9.40. The van der Waals surface area contributed by atoms with Crippen LogP contribution in [0.4, 0.5) is 0 Å². The number of esters is 1. The number of carbonyl (C=O) groups is 2. The molecule has 154 valence electrons. The Labute approximate surface area is 169 Å². The number of benzene rings is 1. The van der Waals surface area contributed by atoms with Crippen molar-refractivity contribution in [1.82, 2.24) is 10.0 Å². The van der Waals surface area contributed by atoms with Crippen molar-refractivity contribution >= 4 is 27.7 Å². The molecule has 1 heterocycles. The molecule has 1 aliphatic carbocycles. The van der Waals surface area contributed by atoms with E-state index in [0.717, 1.165) is 19.3 Å². The summed E-state index contributed by atoms with van der Waals surface area (Å²) >= 11 is 0. The molecule has 1 amide bonds. The predicted molar refractivity (Wildman–Crippen MR) is 103 cm³/mol. The lowest BCUT2D eigenvalue weighted by molar-refractivity contribution is -0.148. The number of sulfonamides is 1. The molecule has 2 aliphatic rings. The average Bonchev–Trinajstić information content (AvgIpc) is 2.98. The number of ether oxygens (including phenoxy) is 1. The smallest absolute Gasteiger partial charge is 0.308 e. The minimum atomic E-state index is -3.63. The van der Waals surface area contributed by atoms with Crippen molar-refractivity contribution in [3.8, 4) is 6.07 Å². The fraction of sp³-hybridized carbons (Fsp3) is 0.474. The molecule has 0 unspecified atom stereocenters. The zero-order chi connectivity index (χ0) is 20.9. The van der Waals surface area contributed by atoms with Gasteiger partial charge < -0.3 is 10.1 Å². The monoisotopic (exact) mass is 418 g/mol. The Morgan fingerprint density at radius 3 is 2.69 bits per heavy atom. The van der Waals surface area contributed by atoms with Gasteiger partial charge >= 0.3 is 5.97 Å². The molecule has 1 saturated carbocycles. The van der Waals surface area contributed by atoms with E-state index < -0.39 is 34.0 Å². The summed E-state index contributed by atoms with van der Waals surface area (Å²) in [7, 11) is -3.63. The summed E-state index contributed by atoms with van der Waals surface area (Å²) in [6.07, 6.45) is 3.87. The fourth-order valence-corrected chi connectivity index (χ4v) is 4.70. The van der Waals surface area contributed by atoms with Crippen molar-refractivity contribution in [2.75, 3.05) is 13.2 Å². The molecule has 3 rings (SSSR count). The number of amidine groups is 1. The maximum atomic E-state index is 12.0. The predicted octanol–water partition coefficient (Wildman–Crippen LogP) is 1.00. The summed E-state index contributed by atoms with van der Waals surface area (Å²) < 4.78 is 31.3. The van der Waals surface area contributed by atoms with Gasteiger partial charge in [0.1, 0.15) is 11.4 Å². The first-order valence-corrected chi connectivity index (χ1v) is 10.9. The lowest BCUT2D eigenvalue weighted by atomic mass is 9.83. The molecule has 0 radical (unpaired) electrons. The fourth-order valence-electron chi connectivity index (χ4n) is 3.45. The highest BCUT2D eigenvalue weighted by atomic mass is 32.2. The second-order valence-electron chi connectivity index (χ2n) is 7.05. The van der Waals surface area contributed by atoms with Crippen LogP contribution in [0, 0.1) is 11.3 Å². The molecule has 10 heteroatoms. The van der Waals surface area contributed by atoms with Crippen molar-refractivity contribution in [2.45, 2.75) is 49.0 Å². The largest absolute Gasteiger partial charge is 0.456 e. The first kappa shape index (κ1) is 20.8. The maximum Gasteiger partial charge on any atom is 0.308 e. The molecular weight excluding hydrogens is 396 g/mol. The Balaban J connectivity index is 1.47. The molecule has 2 N–H and O–H groups in total. The Morgan fingerprint density at radius 2 is 1.97 bits per heavy atom. The molecule has 1 aromatic rings. The summed E-state index contributed by atoms with van der Waals surface area (Å²) in [5, 5.41) is 12.0. The number of carbonyl (C=O) groups excluding carboxylic acids is 2. The maximum absolute atomic E-state index is 12.0. The van der Waals surface area contributed by atoms with Crippen LogP contribution in [0.3, 0.4) is 0 Å². The minimum Gasteiger partial charge on any atom is -0.456 e. The summed E-state index contributed by atoms with van der Waals surface area (Å²) in [5.74, 6) is -0.960. The summed E-state index contributed by atoms with van der Waals surface area (Å²) in [6, 6.07) is 8.60. The van der Waals surface area contributed by atoms with Gasteiger partial charge in [-0.2, -0.15) is 5.26 Å². The van der Waals surface area contributed by atoms with Gasteiger partial charge in [-0.1, -0.05) is 31.4 Å². The molecule has 0 saturated heterocycles. The zero-order valence-electron chi connectivity index (χ0n) is 15.8. The average molecular weight is 418 g/mol. The molecule has 9 nitrogen and oxygen atoms in total. The Morgan fingerprint density at radius 1 is 1.24 bits per heavy atom. The van der Waals surface area contributed by atoms with E-state index in [-0.39, 0.29) is 23.7 Å². The Bertz CT molecular complexity index is 975. The number of fused-ring (bicyclic) bond motifs is 1. The van der Waals surface area contributed by atoms with Gasteiger partial charge in [0.15, 0.2) is 6.61 Å². The highest BCUT2D eigenvalue weighted by Crippen LogP contribution is 2.27. The SMILES string of the molecule is N#CC1(NC(=O)COC(=O)CCN=C2NS(=O)(=O)c3ccccc32)CCCCC1.